The van der Waals surface area contributed by atoms with Crippen molar-refractivity contribution in [3.63, 3.8) is 0 Å². The number of hydrogen-bond donors (Lipinski definition) is 0. The maximum atomic E-state index is 2.53. The normalized spacial score (nSPS) is 14.3. The molecule has 0 saturated carbocycles. The van der Waals surface area contributed by atoms with Crippen LogP contribution in [0.25, 0.3) is 65.7 Å². The van der Waals surface area contributed by atoms with Gasteiger partial charge in [-0.1, -0.05) is 121 Å². The minimum Gasteiger partial charge on any atom is -0.139 e. The molecular formula is C42H30S2. The van der Waals surface area contributed by atoms with E-state index in [2.05, 4.69) is 133 Å². The van der Waals surface area contributed by atoms with E-state index in [1.807, 2.05) is 22.7 Å². The van der Waals surface area contributed by atoms with Crippen molar-refractivity contribution in [2.45, 2.75) is 25.7 Å². The van der Waals surface area contributed by atoms with Gasteiger partial charge in [0.05, 0.1) is 0 Å². The predicted octanol–water partition coefficient (Wildman–Crippen LogP) is 12.4. The third kappa shape index (κ3) is 4.17. The van der Waals surface area contributed by atoms with Crippen LogP contribution in [0, 0.1) is 0 Å². The Bertz CT molecular complexity index is 2070. The highest BCUT2D eigenvalue weighted by atomic mass is 32.1. The molecule has 2 aliphatic rings. The standard InChI is InChI=1S/C42H30S2/c1-5-13-27(14-6-1)31-21-23-35-33(25-31)39-40-34-26-32(28-15-7-2-8-16-28)22-24-36(34)44-42(40)38(30-19-11-4-12-20-30)37(41(39)43-35)29-17-9-3-10-18-29/h1-20,25-26H,21-24H2. The van der Waals surface area contributed by atoms with Gasteiger partial charge in [0.15, 0.2) is 0 Å². The monoisotopic (exact) mass is 598 g/mol. The Morgan fingerprint density at radius 3 is 1.07 bits per heavy atom. The van der Waals surface area contributed by atoms with E-state index in [-0.39, 0.29) is 0 Å². The van der Waals surface area contributed by atoms with Gasteiger partial charge >= 0.3 is 0 Å². The zero-order chi connectivity index (χ0) is 29.0. The van der Waals surface area contributed by atoms with Gasteiger partial charge in [0.25, 0.3) is 0 Å². The number of thiophene rings is 2. The molecule has 7 aromatic rings. The van der Waals surface area contributed by atoms with Crippen molar-refractivity contribution in [3.05, 3.63) is 153 Å². The highest BCUT2D eigenvalue weighted by Crippen LogP contribution is 2.55. The number of fused-ring (bicyclic) bond motifs is 7. The maximum Gasteiger partial charge on any atom is 0.0443 e. The lowest BCUT2D eigenvalue weighted by Gasteiger charge is -2.17. The smallest absolute Gasteiger partial charge is 0.0443 e. The zero-order valence-electron chi connectivity index (χ0n) is 24.3. The minimum absolute atomic E-state index is 1.08. The second-order valence-corrected chi connectivity index (χ2v) is 14.0. The first-order chi connectivity index (χ1) is 21.8. The van der Waals surface area contributed by atoms with Gasteiger partial charge in [0, 0.05) is 41.1 Å². The zero-order valence-corrected chi connectivity index (χ0v) is 26.0. The fourth-order valence-electron chi connectivity index (χ4n) is 7.24. The van der Waals surface area contributed by atoms with E-state index in [0.29, 0.717) is 0 Å². The number of hydrogen-bond acceptors (Lipinski definition) is 2. The molecule has 210 valence electrons. The molecule has 2 aliphatic carbocycles. The first kappa shape index (κ1) is 25.9. The summed E-state index contributed by atoms with van der Waals surface area (Å²) in [6, 6.07) is 44.2. The second kappa shape index (κ2) is 10.6. The summed E-state index contributed by atoms with van der Waals surface area (Å²) in [6.07, 6.45) is 9.39. The summed E-state index contributed by atoms with van der Waals surface area (Å²) in [4.78, 5) is 3.04. The molecule has 0 saturated heterocycles. The van der Waals surface area contributed by atoms with Crippen molar-refractivity contribution in [2.24, 2.45) is 0 Å². The second-order valence-electron chi connectivity index (χ2n) is 11.8. The molecule has 2 aromatic heterocycles. The Balaban J connectivity index is 1.44. The van der Waals surface area contributed by atoms with Gasteiger partial charge in [0.1, 0.15) is 0 Å². The average molecular weight is 599 g/mol. The molecule has 0 radical (unpaired) electrons. The van der Waals surface area contributed by atoms with Crippen molar-refractivity contribution in [1.29, 1.82) is 0 Å². The third-order valence-electron chi connectivity index (χ3n) is 9.29. The Morgan fingerprint density at radius 2 is 0.705 bits per heavy atom. The molecule has 5 aromatic carbocycles. The van der Waals surface area contributed by atoms with Gasteiger partial charge in [-0.2, -0.15) is 0 Å². The van der Waals surface area contributed by atoms with E-state index in [9.17, 15) is 0 Å². The lowest BCUT2D eigenvalue weighted by atomic mass is 9.85. The van der Waals surface area contributed by atoms with Crippen LogP contribution in [-0.4, -0.2) is 0 Å². The largest absolute Gasteiger partial charge is 0.139 e. The minimum atomic E-state index is 1.08. The third-order valence-corrected chi connectivity index (χ3v) is 11.9. The van der Waals surface area contributed by atoms with Crippen molar-refractivity contribution in [3.8, 4) is 22.3 Å². The lowest BCUT2D eigenvalue weighted by Crippen LogP contribution is -1.97. The molecule has 0 fully saturated rings. The molecule has 0 nitrogen and oxygen atoms in total. The van der Waals surface area contributed by atoms with Gasteiger partial charge in [-0.3, -0.25) is 0 Å². The molecule has 44 heavy (non-hydrogen) atoms. The quantitative estimate of drug-likeness (QED) is 0.189. The van der Waals surface area contributed by atoms with Crippen LogP contribution in [-0.2, 0) is 12.8 Å². The lowest BCUT2D eigenvalue weighted by molar-refractivity contribution is 1.03. The summed E-state index contributed by atoms with van der Waals surface area (Å²) >= 11 is 4.07. The van der Waals surface area contributed by atoms with Crippen molar-refractivity contribution >= 4 is 66.1 Å². The molecule has 0 unspecified atom stereocenters. The van der Waals surface area contributed by atoms with Crippen LogP contribution < -0.4 is 0 Å². The van der Waals surface area contributed by atoms with Crippen LogP contribution >= 0.6 is 22.7 Å². The molecule has 2 heterocycles. The fraction of sp³-hybridized carbons (Fsp3) is 0.0952. The maximum absolute atomic E-state index is 2.53. The number of rotatable bonds is 4. The summed E-state index contributed by atoms with van der Waals surface area (Å²) in [5.74, 6) is 0. The van der Waals surface area contributed by atoms with E-state index in [0.717, 1.165) is 25.7 Å². The topological polar surface area (TPSA) is 0 Å². The Morgan fingerprint density at radius 1 is 0.364 bits per heavy atom. The SMILES string of the molecule is C1=C(c2ccccc2)CCc2sc3c(-c4ccccc4)c(-c4ccccc4)c4sc5c(c4c3c21)C=C(c1ccccc1)CC5. The number of benzene rings is 5. The van der Waals surface area contributed by atoms with Crippen LogP contribution in [0.15, 0.2) is 121 Å². The van der Waals surface area contributed by atoms with E-state index in [1.165, 1.54) is 85.6 Å². The molecule has 0 aliphatic heterocycles. The van der Waals surface area contributed by atoms with Crippen LogP contribution in [0.5, 0.6) is 0 Å². The highest BCUT2D eigenvalue weighted by molar-refractivity contribution is 7.22. The van der Waals surface area contributed by atoms with E-state index >= 15 is 0 Å². The number of aryl methyl sites for hydroxylation is 2. The predicted molar refractivity (Wildman–Crippen MR) is 193 cm³/mol. The first-order valence-electron chi connectivity index (χ1n) is 15.5. The van der Waals surface area contributed by atoms with Gasteiger partial charge in [0.2, 0.25) is 0 Å². The van der Waals surface area contributed by atoms with Crippen LogP contribution in [0.4, 0.5) is 0 Å². The molecule has 0 amide bonds. The van der Waals surface area contributed by atoms with Gasteiger partial charge in [-0.25, -0.2) is 0 Å². The molecule has 0 N–H and O–H groups in total. The van der Waals surface area contributed by atoms with E-state index in [4.69, 9.17) is 0 Å². The Kier molecular flexibility index (Phi) is 6.25. The molecule has 9 rings (SSSR count). The van der Waals surface area contributed by atoms with Crippen molar-refractivity contribution in [2.75, 3.05) is 0 Å². The molecule has 0 spiro atoms. The molecule has 0 bridgehead atoms. The van der Waals surface area contributed by atoms with E-state index < -0.39 is 0 Å². The van der Waals surface area contributed by atoms with Crippen LogP contribution in [0.1, 0.15) is 44.8 Å². The summed E-state index contributed by atoms with van der Waals surface area (Å²) in [7, 11) is 0. The van der Waals surface area contributed by atoms with Gasteiger partial charge in [-0.15, -0.1) is 22.7 Å². The van der Waals surface area contributed by atoms with Gasteiger partial charge < -0.3 is 0 Å². The first-order valence-corrected chi connectivity index (χ1v) is 17.2. The molecule has 0 atom stereocenters. The van der Waals surface area contributed by atoms with E-state index in [1.54, 1.807) is 0 Å². The fourth-order valence-corrected chi connectivity index (χ4v) is 9.96. The Hall–Kier alpha value is -4.50. The summed E-state index contributed by atoms with van der Waals surface area (Å²) in [5, 5.41) is 2.91. The van der Waals surface area contributed by atoms with Crippen LogP contribution in [0.3, 0.4) is 0 Å². The summed E-state index contributed by atoms with van der Waals surface area (Å²) < 4.78 is 2.86. The summed E-state index contributed by atoms with van der Waals surface area (Å²) in [5.41, 5.74) is 13.8. The summed E-state index contributed by atoms with van der Waals surface area (Å²) in [6.45, 7) is 0. The Labute approximate surface area is 266 Å². The van der Waals surface area contributed by atoms with Gasteiger partial charge in [-0.05, 0) is 82.4 Å². The molecule has 2 heteroatoms. The number of allylic oxidation sites excluding steroid dienone is 2. The average Bonchev–Trinajstić information content (AvgIpc) is 3.67. The van der Waals surface area contributed by atoms with Crippen LogP contribution in [0.2, 0.25) is 0 Å². The van der Waals surface area contributed by atoms with Crippen molar-refractivity contribution in [1.82, 2.24) is 0 Å². The highest BCUT2D eigenvalue weighted by Gasteiger charge is 2.29. The molecular weight excluding hydrogens is 569 g/mol. The van der Waals surface area contributed by atoms with Crippen molar-refractivity contribution < 1.29 is 0 Å².